The maximum absolute atomic E-state index is 12.8. The highest BCUT2D eigenvalue weighted by Gasteiger charge is 2.20. The molecule has 1 heterocycles. The van der Waals surface area contributed by atoms with E-state index in [1.807, 2.05) is 29.6 Å². The maximum Gasteiger partial charge on any atom is 0.275 e. The Morgan fingerprint density at radius 1 is 0.931 bits per heavy atom. The largest absolute Gasteiger partial charge is 0.339 e. The monoisotopic (exact) mass is 401 g/mol. The molecule has 2 atom stereocenters. The van der Waals surface area contributed by atoms with Gasteiger partial charge in [0.25, 0.3) is 5.91 Å². The molecule has 1 amide bonds. The molecule has 0 bridgehead atoms. The van der Waals surface area contributed by atoms with Gasteiger partial charge in [0.1, 0.15) is 6.04 Å². The SMILES string of the molecule is C[C@H]([NH2+]CC(=O)N[C@@H](c1ccccc1)c1cccs1)c1cccc2ccccc12. The summed E-state index contributed by atoms with van der Waals surface area (Å²) in [6, 6.07) is 29.1. The summed E-state index contributed by atoms with van der Waals surface area (Å²) in [6.07, 6.45) is 0. The Kier molecular flexibility index (Phi) is 6.03. The van der Waals surface area contributed by atoms with Gasteiger partial charge in [-0.25, -0.2) is 0 Å². The Bertz CT molecular complexity index is 1070. The Labute approximate surface area is 175 Å². The lowest BCUT2D eigenvalue weighted by Crippen LogP contribution is -2.87. The van der Waals surface area contributed by atoms with Crippen molar-refractivity contribution in [1.29, 1.82) is 0 Å². The smallest absolute Gasteiger partial charge is 0.275 e. The first-order valence-electron chi connectivity index (χ1n) is 9.91. The summed E-state index contributed by atoms with van der Waals surface area (Å²) in [4.78, 5) is 13.9. The molecule has 3 aromatic carbocycles. The Hall–Kier alpha value is -2.95. The summed E-state index contributed by atoms with van der Waals surface area (Å²) < 4.78 is 0. The molecule has 0 radical (unpaired) electrons. The van der Waals surface area contributed by atoms with Crippen molar-refractivity contribution in [2.75, 3.05) is 6.54 Å². The predicted molar refractivity (Wildman–Crippen MR) is 120 cm³/mol. The average Bonchev–Trinajstić information content (AvgIpc) is 3.30. The lowest BCUT2D eigenvalue weighted by molar-refractivity contribution is -0.682. The van der Waals surface area contributed by atoms with Crippen LogP contribution in [0, 0.1) is 0 Å². The standard InChI is InChI=1S/C25H24N2OS/c1-18(21-14-7-12-19-9-5-6-13-22(19)21)26-17-24(28)27-25(23-15-8-16-29-23)20-10-3-2-4-11-20/h2-16,18,25-26H,17H2,1H3,(H,27,28)/p+1/t18-,25-/m0/s1. The number of carbonyl (C=O) groups is 1. The van der Waals surface area contributed by atoms with Crippen molar-refractivity contribution < 1.29 is 10.1 Å². The molecule has 0 saturated carbocycles. The molecular formula is C25H25N2OS+. The van der Waals surface area contributed by atoms with Crippen LogP contribution in [-0.4, -0.2) is 12.5 Å². The lowest BCUT2D eigenvalue weighted by Gasteiger charge is -2.19. The number of carbonyl (C=O) groups excluding carboxylic acids is 1. The Morgan fingerprint density at radius 2 is 1.69 bits per heavy atom. The molecule has 4 heteroatoms. The van der Waals surface area contributed by atoms with E-state index in [0.29, 0.717) is 6.54 Å². The number of rotatable bonds is 7. The van der Waals surface area contributed by atoms with Crippen molar-refractivity contribution in [2.24, 2.45) is 0 Å². The molecule has 146 valence electrons. The van der Waals surface area contributed by atoms with Crippen LogP contribution in [0.1, 0.15) is 35.0 Å². The van der Waals surface area contributed by atoms with Crippen molar-refractivity contribution in [2.45, 2.75) is 19.0 Å². The number of benzene rings is 3. The molecule has 0 unspecified atom stereocenters. The summed E-state index contributed by atoms with van der Waals surface area (Å²) in [5.41, 5.74) is 2.36. The van der Waals surface area contributed by atoms with Crippen molar-refractivity contribution in [1.82, 2.24) is 5.32 Å². The van der Waals surface area contributed by atoms with E-state index in [9.17, 15) is 4.79 Å². The zero-order valence-electron chi connectivity index (χ0n) is 16.4. The number of quaternary nitrogens is 1. The summed E-state index contributed by atoms with van der Waals surface area (Å²) in [7, 11) is 0. The quantitative estimate of drug-likeness (QED) is 0.473. The number of thiophene rings is 1. The maximum atomic E-state index is 12.8. The minimum atomic E-state index is -0.107. The van der Waals surface area contributed by atoms with E-state index >= 15 is 0 Å². The molecule has 0 saturated heterocycles. The fourth-order valence-corrected chi connectivity index (χ4v) is 4.50. The third-order valence-corrected chi connectivity index (χ3v) is 6.17. The second-order valence-corrected chi connectivity index (χ2v) is 8.20. The average molecular weight is 402 g/mol. The van der Waals surface area contributed by atoms with Crippen LogP contribution in [0.3, 0.4) is 0 Å². The van der Waals surface area contributed by atoms with Crippen LogP contribution in [0.2, 0.25) is 0 Å². The number of hydrogen-bond donors (Lipinski definition) is 2. The number of amides is 1. The van der Waals surface area contributed by atoms with Crippen LogP contribution in [0.4, 0.5) is 0 Å². The molecule has 29 heavy (non-hydrogen) atoms. The molecule has 4 rings (SSSR count). The first-order valence-corrected chi connectivity index (χ1v) is 10.8. The van der Waals surface area contributed by atoms with Gasteiger partial charge in [0.2, 0.25) is 0 Å². The molecule has 0 aliphatic heterocycles. The highest BCUT2D eigenvalue weighted by atomic mass is 32.1. The normalized spacial score (nSPS) is 13.1. The molecule has 4 aromatic rings. The van der Waals surface area contributed by atoms with Gasteiger partial charge < -0.3 is 10.6 Å². The zero-order chi connectivity index (χ0) is 20.1. The van der Waals surface area contributed by atoms with Gasteiger partial charge in [0, 0.05) is 10.4 Å². The summed E-state index contributed by atoms with van der Waals surface area (Å²) in [5, 5.41) is 9.86. The van der Waals surface area contributed by atoms with Crippen LogP contribution < -0.4 is 10.6 Å². The molecule has 0 fully saturated rings. The second-order valence-electron chi connectivity index (χ2n) is 7.22. The third kappa shape index (κ3) is 4.56. The first-order chi connectivity index (χ1) is 14.2. The Balaban J connectivity index is 1.45. The topological polar surface area (TPSA) is 45.7 Å². The van der Waals surface area contributed by atoms with E-state index in [2.05, 4.69) is 78.2 Å². The molecule has 3 nitrogen and oxygen atoms in total. The van der Waals surface area contributed by atoms with Crippen LogP contribution >= 0.6 is 11.3 Å². The number of nitrogens with one attached hydrogen (secondary N) is 1. The van der Waals surface area contributed by atoms with E-state index in [0.717, 1.165) is 10.4 Å². The third-order valence-electron chi connectivity index (χ3n) is 5.24. The molecule has 0 aliphatic rings. The van der Waals surface area contributed by atoms with Crippen LogP contribution in [0.5, 0.6) is 0 Å². The van der Waals surface area contributed by atoms with E-state index in [4.69, 9.17) is 0 Å². The van der Waals surface area contributed by atoms with Gasteiger partial charge in [0.15, 0.2) is 6.54 Å². The van der Waals surface area contributed by atoms with Gasteiger partial charge in [-0.05, 0) is 34.7 Å². The van der Waals surface area contributed by atoms with Crippen molar-refractivity contribution in [3.8, 4) is 0 Å². The van der Waals surface area contributed by atoms with Crippen LogP contribution in [0.25, 0.3) is 10.8 Å². The molecular weight excluding hydrogens is 376 g/mol. The highest BCUT2D eigenvalue weighted by Crippen LogP contribution is 2.26. The number of fused-ring (bicyclic) bond motifs is 1. The van der Waals surface area contributed by atoms with Gasteiger partial charge in [-0.3, -0.25) is 4.79 Å². The van der Waals surface area contributed by atoms with Gasteiger partial charge >= 0.3 is 0 Å². The first kappa shape index (κ1) is 19.4. The Morgan fingerprint density at radius 3 is 2.48 bits per heavy atom. The van der Waals surface area contributed by atoms with E-state index in [1.54, 1.807) is 11.3 Å². The molecule has 0 aliphatic carbocycles. The van der Waals surface area contributed by atoms with Crippen LogP contribution in [0.15, 0.2) is 90.3 Å². The molecule has 3 N–H and O–H groups in total. The van der Waals surface area contributed by atoms with E-state index in [1.165, 1.54) is 16.3 Å². The van der Waals surface area contributed by atoms with Gasteiger partial charge in [-0.2, -0.15) is 0 Å². The predicted octanol–water partition coefficient (Wildman–Crippen LogP) is 4.43. The molecule has 0 spiro atoms. The summed E-state index contributed by atoms with van der Waals surface area (Å²) in [5.74, 6) is 0.0411. The lowest BCUT2D eigenvalue weighted by atomic mass is 10.00. The van der Waals surface area contributed by atoms with Crippen molar-refractivity contribution in [3.63, 3.8) is 0 Å². The zero-order valence-corrected chi connectivity index (χ0v) is 17.2. The van der Waals surface area contributed by atoms with Crippen molar-refractivity contribution >= 4 is 28.0 Å². The van der Waals surface area contributed by atoms with Gasteiger partial charge in [0.05, 0.1) is 6.04 Å². The van der Waals surface area contributed by atoms with Gasteiger partial charge in [-0.1, -0.05) is 78.9 Å². The van der Waals surface area contributed by atoms with Crippen molar-refractivity contribution in [3.05, 3.63) is 106 Å². The van der Waals surface area contributed by atoms with Crippen LogP contribution in [-0.2, 0) is 4.79 Å². The summed E-state index contributed by atoms with van der Waals surface area (Å²) >= 11 is 1.67. The van der Waals surface area contributed by atoms with E-state index < -0.39 is 0 Å². The fraction of sp³-hybridized carbons (Fsp3) is 0.160. The van der Waals surface area contributed by atoms with Gasteiger partial charge in [-0.15, -0.1) is 11.3 Å². The number of hydrogen-bond acceptors (Lipinski definition) is 2. The van der Waals surface area contributed by atoms with E-state index in [-0.39, 0.29) is 18.0 Å². The second kappa shape index (κ2) is 9.03. The molecule has 1 aromatic heterocycles. The highest BCUT2D eigenvalue weighted by molar-refractivity contribution is 7.10. The number of nitrogens with two attached hydrogens (primary N) is 1. The summed E-state index contributed by atoms with van der Waals surface area (Å²) in [6.45, 7) is 2.54. The minimum absolute atomic E-state index is 0.0411. The fourth-order valence-electron chi connectivity index (χ4n) is 3.70. The minimum Gasteiger partial charge on any atom is -0.339 e.